The van der Waals surface area contributed by atoms with Crippen LogP contribution in [0.5, 0.6) is 5.75 Å². The second kappa shape index (κ2) is 3.99. The van der Waals surface area contributed by atoms with Crippen LogP contribution in [0.3, 0.4) is 0 Å². The van der Waals surface area contributed by atoms with Gasteiger partial charge in [-0.2, -0.15) is 13.2 Å². The molecule has 0 heterocycles. The zero-order valence-corrected chi connectivity index (χ0v) is 7.93. The quantitative estimate of drug-likeness (QED) is 0.805. The molecule has 0 aliphatic carbocycles. The predicted octanol–water partition coefficient (Wildman–Crippen LogP) is 2.55. The van der Waals surface area contributed by atoms with Gasteiger partial charge in [-0.1, -0.05) is 0 Å². The lowest BCUT2D eigenvalue weighted by atomic mass is 10.1. The first-order valence-corrected chi connectivity index (χ1v) is 3.95. The number of aromatic carboxylic acids is 1. The topological polar surface area (TPSA) is 46.5 Å². The monoisotopic (exact) mass is 238 g/mol. The zero-order chi connectivity index (χ0) is 12.5. The Balaban J connectivity index is 3.45. The first-order chi connectivity index (χ1) is 7.27. The molecule has 1 N–H and O–H groups in total. The van der Waals surface area contributed by atoms with E-state index in [9.17, 15) is 22.4 Å². The minimum absolute atomic E-state index is 0.205. The highest BCUT2D eigenvalue weighted by Crippen LogP contribution is 2.34. The van der Waals surface area contributed by atoms with Gasteiger partial charge < -0.3 is 9.84 Å². The molecule has 0 aliphatic heterocycles. The van der Waals surface area contributed by atoms with Crippen molar-refractivity contribution in [2.24, 2.45) is 0 Å². The molecule has 0 saturated carbocycles. The number of carboxylic acid groups (broad SMARTS) is 1. The van der Waals surface area contributed by atoms with Crippen molar-refractivity contribution in [3.05, 3.63) is 29.1 Å². The molecular formula is C9H6F4O3. The van der Waals surface area contributed by atoms with E-state index in [1.54, 1.807) is 0 Å². The number of carbonyl (C=O) groups is 1. The van der Waals surface area contributed by atoms with Gasteiger partial charge in [-0.05, 0) is 6.07 Å². The first kappa shape index (κ1) is 12.3. The Kier molecular flexibility index (Phi) is 3.06. The molecule has 0 unspecified atom stereocenters. The molecule has 1 aromatic carbocycles. The van der Waals surface area contributed by atoms with Crippen molar-refractivity contribution >= 4 is 5.97 Å². The summed E-state index contributed by atoms with van der Waals surface area (Å²) in [6.07, 6.45) is -4.94. The summed E-state index contributed by atoms with van der Waals surface area (Å²) in [4.78, 5) is 10.6. The predicted molar refractivity (Wildman–Crippen MR) is 44.9 cm³/mol. The number of carboxylic acids is 1. The summed E-state index contributed by atoms with van der Waals surface area (Å²) < 4.78 is 54.2. The van der Waals surface area contributed by atoms with Crippen LogP contribution in [-0.2, 0) is 6.18 Å². The van der Waals surface area contributed by atoms with Gasteiger partial charge in [0.25, 0.3) is 0 Å². The highest BCUT2D eigenvalue weighted by molar-refractivity contribution is 5.91. The molecule has 1 rings (SSSR count). The molecule has 7 heteroatoms. The highest BCUT2D eigenvalue weighted by atomic mass is 19.4. The molecule has 0 aromatic heterocycles. The largest absolute Gasteiger partial charge is 0.496 e. The van der Waals surface area contributed by atoms with Gasteiger partial charge in [-0.3, -0.25) is 0 Å². The third-order valence-corrected chi connectivity index (χ3v) is 1.82. The Hall–Kier alpha value is -1.79. The fourth-order valence-electron chi connectivity index (χ4n) is 1.11. The van der Waals surface area contributed by atoms with Crippen molar-refractivity contribution in [1.29, 1.82) is 0 Å². The molecule has 0 fully saturated rings. The maximum atomic E-state index is 13.0. The average Bonchev–Trinajstić information content (AvgIpc) is 2.14. The summed E-state index contributed by atoms with van der Waals surface area (Å²) in [5, 5.41) is 8.61. The van der Waals surface area contributed by atoms with Gasteiger partial charge in [-0.15, -0.1) is 0 Å². The highest BCUT2D eigenvalue weighted by Gasteiger charge is 2.35. The molecule has 3 nitrogen and oxygen atoms in total. The van der Waals surface area contributed by atoms with Crippen LogP contribution in [0.4, 0.5) is 17.6 Å². The summed E-state index contributed by atoms with van der Waals surface area (Å²) in [6.45, 7) is 0. The standard InChI is InChI=1S/C9H6F4O3/c1-16-7-3-6(10)5(9(11,12)13)2-4(7)8(14)15/h2-3H,1H3,(H,14,15). The van der Waals surface area contributed by atoms with E-state index >= 15 is 0 Å². The number of hydrogen-bond donors (Lipinski definition) is 1. The fourth-order valence-corrected chi connectivity index (χ4v) is 1.11. The van der Waals surface area contributed by atoms with Gasteiger partial charge in [0.2, 0.25) is 0 Å². The van der Waals surface area contributed by atoms with Gasteiger partial charge in [0.05, 0.1) is 12.7 Å². The normalized spacial score (nSPS) is 11.3. The van der Waals surface area contributed by atoms with Crippen LogP contribution in [0.25, 0.3) is 0 Å². The van der Waals surface area contributed by atoms with Crippen molar-refractivity contribution in [1.82, 2.24) is 0 Å². The molecule has 16 heavy (non-hydrogen) atoms. The van der Waals surface area contributed by atoms with E-state index in [1.807, 2.05) is 0 Å². The van der Waals surface area contributed by atoms with Crippen molar-refractivity contribution in [2.45, 2.75) is 6.18 Å². The van der Waals surface area contributed by atoms with E-state index < -0.39 is 34.8 Å². The maximum Gasteiger partial charge on any atom is 0.419 e. The molecule has 0 amide bonds. The van der Waals surface area contributed by atoms with Crippen LogP contribution in [-0.4, -0.2) is 18.2 Å². The summed E-state index contributed by atoms with van der Waals surface area (Å²) in [7, 11) is 1.04. The summed E-state index contributed by atoms with van der Waals surface area (Å²) in [5.41, 5.74) is -2.37. The van der Waals surface area contributed by atoms with Crippen LogP contribution < -0.4 is 4.74 Å². The lowest BCUT2D eigenvalue weighted by Crippen LogP contribution is -2.11. The molecular weight excluding hydrogens is 232 g/mol. The van der Waals surface area contributed by atoms with Crippen LogP contribution in [0.15, 0.2) is 12.1 Å². The zero-order valence-electron chi connectivity index (χ0n) is 7.93. The lowest BCUT2D eigenvalue weighted by Gasteiger charge is -2.11. The van der Waals surface area contributed by atoms with Gasteiger partial charge in [0, 0.05) is 6.07 Å². The third kappa shape index (κ3) is 2.23. The summed E-state index contributed by atoms with van der Waals surface area (Å²) >= 11 is 0. The van der Waals surface area contributed by atoms with Crippen LogP contribution >= 0.6 is 0 Å². The van der Waals surface area contributed by atoms with Crippen LogP contribution in [0.1, 0.15) is 15.9 Å². The van der Waals surface area contributed by atoms with E-state index in [0.29, 0.717) is 6.07 Å². The summed E-state index contributed by atoms with van der Waals surface area (Å²) in [6, 6.07) is 0.600. The van der Waals surface area contributed by atoms with Crippen molar-refractivity contribution < 1.29 is 32.2 Å². The van der Waals surface area contributed by atoms with Gasteiger partial charge in [0.15, 0.2) is 0 Å². The van der Waals surface area contributed by atoms with Crippen LogP contribution in [0.2, 0.25) is 0 Å². The molecule has 0 bridgehead atoms. The fraction of sp³-hybridized carbons (Fsp3) is 0.222. The Morgan fingerprint density at radius 1 is 1.38 bits per heavy atom. The van der Waals surface area contributed by atoms with E-state index in [2.05, 4.69) is 4.74 Å². The van der Waals surface area contributed by atoms with Gasteiger partial charge >= 0.3 is 12.1 Å². The van der Waals surface area contributed by atoms with Crippen molar-refractivity contribution in [3.8, 4) is 5.75 Å². The molecule has 88 valence electrons. The molecule has 1 aromatic rings. The second-order valence-electron chi connectivity index (χ2n) is 2.84. The van der Waals surface area contributed by atoms with E-state index in [0.717, 1.165) is 7.11 Å². The Labute approximate surface area is 87.3 Å². The first-order valence-electron chi connectivity index (χ1n) is 3.95. The molecule has 0 atom stereocenters. The Morgan fingerprint density at radius 3 is 2.31 bits per heavy atom. The molecule has 0 saturated heterocycles. The SMILES string of the molecule is COc1cc(F)c(C(F)(F)F)cc1C(=O)O. The third-order valence-electron chi connectivity index (χ3n) is 1.82. The smallest absolute Gasteiger partial charge is 0.419 e. The number of halogens is 4. The molecule has 0 spiro atoms. The second-order valence-corrected chi connectivity index (χ2v) is 2.84. The number of benzene rings is 1. The molecule has 0 radical (unpaired) electrons. The number of hydrogen-bond acceptors (Lipinski definition) is 2. The maximum absolute atomic E-state index is 13.0. The number of rotatable bonds is 2. The van der Waals surface area contributed by atoms with E-state index in [4.69, 9.17) is 5.11 Å². The summed E-state index contributed by atoms with van der Waals surface area (Å²) in [5.74, 6) is -3.66. The van der Waals surface area contributed by atoms with E-state index in [-0.39, 0.29) is 6.07 Å². The average molecular weight is 238 g/mol. The van der Waals surface area contributed by atoms with Crippen molar-refractivity contribution in [2.75, 3.05) is 7.11 Å². The van der Waals surface area contributed by atoms with Gasteiger partial charge in [0.1, 0.15) is 17.1 Å². The number of alkyl halides is 3. The van der Waals surface area contributed by atoms with Crippen molar-refractivity contribution in [3.63, 3.8) is 0 Å². The molecule has 0 aliphatic rings. The minimum Gasteiger partial charge on any atom is -0.496 e. The minimum atomic E-state index is -4.94. The number of methoxy groups -OCH3 is 1. The van der Waals surface area contributed by atoms with E-state index in [1.165, 1.54) is 0 Å². The Bertz CT molecular complexity index is 425. The Morgan fingerprint density at radius 2 is 1.94 bits per heavy atom. The van der Waals surface area contributed by atoms with Gasteiger partial charge in [-0.25, -0.2) is 9.18 Å². The van der Waals surface area contributed by atoms with Crippen LogP contribution in [0, 0.1) is 5.82 Å². The lowest BCUT2D eigenvalue weighted by molar-refractivity contribution is -0.140. The number of ether oxygens (including phenoxy) is 1.